The third kappa shape index (κ3) is 5.82. The first-order valence-corrected chi connectivity index (χ1v) is 19.1. The Kier molecular flexibility index (Phi) is 8.61. The summed E-state index contributed by atoms with van der Waals surface area (Å²) in [7, 11) is 0. The quantitative estimate of drug-likeness (QED) is 0.134. The second-order valence-corrected chi connectivity index (χ2v) is 14.0. The molecule has 13 aromatic rings. The van der Waals surface area contributed by atoms with Crippen LogP contribution in [0.4, 0.5) is 0 Å². The van der Waals surface area contributed by atoms with Gasteiger partial charge < -0.3 is 24.4 Å². The molecule has 0 saturated heterocycles. The molecule has 4 aromatic carbocycles. The van der Waals surface area contributed by atoms with E-state index in [4.69, 9.17) is 14.5 Å². The van der Waals surface area contributed by atoms with Crippen LogP contribution >= 0.6 is 0 Å². The second kappa shape index (κ2) is 14.6. The third-order valence-electron chi connectivity index (χ3n) is 10.7. The van der Waals surface area contributed by atoms with Crippen LogP contribution in [0.2, 0.25) is 0 Å². The minimum Gasteiger partial charge on any atom is -0.454 e. The fraction of sp³-hybridized carbons (Fsp3) is 0.0217. The van der Waals surface area contributed by atoms with E-state index in [0.29, 0.717) is 0 Å². The summed E-state index contributed by atoms with van der Waals surface area (Å²) < 4.78 is 10.9. The summed E-state index contributed by atoms with van der Waals surface area (Å²) >= 11 is 0. The topological polar surface area (TPSA) is 182 Å². The summed E-state index contributed by atoms with van der Waals surface area (Å²) in [4.78, 5) is 50.1. The van der Waals surface area contributed by atoms with E-state index < -0.39 is 0 Å². The van der Waals surface area contributed by atoms with Crippen LogP contribution in [0.3, 0.4) is 0 Å². The minimum atomic E-state index is 0. The number of rotatable bonds is 1. The van der Waals surface area contributed by atoms with E-state index in [1.165, 1.54) is 0 Å². The van der Waals surface area contributed by atoms with Crippen LogP contribution in [0, 0.1) is 0 Å². The summed E-state index contributed by atoms with van der Waals surface area (Å²) in [5, 5.41) is 6.19. The molecule has 14 rings (SSSR count). The number of aromatic amines is 3. The van der Waals surface area contributed by atoms with Gasteiger partial charge in [-0.15, -0.1) is 0 Å². The zero-order chi connectivity index (χ0) is 39.6. The van der Waals surface area contributed by atoms with E-state index in [2.05, 4.69) is 54.8 Å². The number of benzene rings is 4. The van der Waals surface area contributed by atoms with Crippen LogP contribution in [-0.4, -0.2) is 66.6 Å². The van der Waals surface area contributed by atoms with E-state index in [0.717, 1.165) is 121 Å². The number of ether oxygens (including phenoxy) is 2. The third-order valence-corrected chi connectivity index (χ3v) is 10.7. The predicted octanol–water partition coefficient (Wildman–Crippen LogP) is 9.37. The molecule has 1 aliphatic heterocycles. The van der Waals surface area contributed by atoms with Gasteiger partial charge in [0.25, 0.3) is 0 Å². The first kappa shape index (κ1) is 36.0. The SMILES string of the molecule is [Co+2].c1cnc2c(c1)c1nc(-c3ccc4c(c3)OCO4)[nH]c1c1cccnc12.c1cnc2c(c1)c1ncnc1c1ccc[nH]c12.c1cnc2c(c1)c1ncnc1c1ccc[nH]c12. The molecule has 291 valence electrons. The second-order valence-electron chi connectivity index (χ2n) is 14.0. The largest absolute Gasteiger partial charge is 2.00 e. The Bertz CT molecular complexity index is 3450. The van der Waals surface area contributed by atoms with Gasteiger partial charge in [-0.25, -0.2) is 24.9 Å². The maximum Gasteiger partial charge on any atom is 2.00 e. The van der Waals surface area contributed by atoms with Gasteiger partial charge in [-0.1, -0.05) is 0 Å². The number of nitrogens with zero attached hydrogens (tertiary/aromatic N) is 9. The Morgan fingerprint density at radius 3 is 1.44 bits per heavy atom. The van der Waals surface area contributed by atoms with Crippen LogP contribution in [0.1, 0.15) is 0 Å². The van der Waals surface area contributed by atoms with Crippen molar-refractivity contribution in [2.24, 2.45) is 0 Å². The number of aromatic nitrogens is 12. The van der Waals surface area contributed by atoms with Crippen molar-refractivity contribution in [3.8, 4) is 22.9 Å². The molecular weight excluding hydrogens is 812 g/mol. The van der Waals surface area contributed by atoms with E-state index in [9.17, 15) is 0 Å². The minimum absolute atomic E-state index is 0. The van der Waals surface area contributed by atoms with Crippen molar-refractivity contribution in [2.75, 3.05) is 6.79 Å². The van der Waals surface area contributed by atoms with Gasteiger partial charge in [-0.2, -0.15) is 0 Å². The number of imidazole rings is 3. The summed E-state index contributed by atoms with van der Waals surface area (Å²) in [6.45, 7) is 0.255. The van der Waals surface area contributed by atoms with Gasteiger partial charge in [0.2, 0.25) is 6.79 Å². The predicted molar refractivity (Wildman–Crippen MR) is 232 cm³/mol. The van der Waals surface area contributed by atoms with Crippen LogP contribution in [-0.2, 0) is 16.8 Å². The molecule has 0 unspecified atom stereocenters. The van der Waals surface area contributed by atoms with Gasteiger partial charge in [0.15, 0.2) is 11.5 Å². The molecule has 0 saturated carbocycles. The molecule has 61 heavy (non-hydrogen) atoms. The van der Waals surface area contributed by atoms with Gasteiger partial charge in [0.1, 0.15) is 40.5 Å². The number of nitrogens with one attached hydrogen (secondary N) is 3. The molecule has 1 aliphatic rings. The number of pyridine rings is 6. The number of fused-ring (bicyclic) bond motifs is 19. The summed E-state index contributed by atoms with van der Waals surface area (Å²) in [6.07, 6.45) is 14.2. The molecular formula is C46H28CoN12O2+2. The van der Waals surface area contributed by atoms with Gasteiger partial charge in [0.05, 0.1) is 44.1 Å². The Labute approximate surface area is 353 Å². The van der Waals surface area contributed by atoms with Crippen molar-refractivity contribution in [3.63, 3.8) is 0 Å². The van der Waals surface area contributed by atoms with Crippen LogP contribution in [0.15, 0.2) is 141 Å². The molecule has 3 N–H and O–H groups in total. The maximum atomic E-state index is 5.49. The molecule has 15 heteroatoms. The fourth-order valence-electron chi connectivity index (χ4n) is 8.10. The summed E-state index contributed by atoms with van der Waals surface area (Å²) in [6, 6.07) is 29.7. The standard InChI is InChI=1S/C20H12N4O2.2C13H8N4.Co/c1-3-12-16(21-7-1)17-13(4-2-8-22-17)19-18(12)23-20(24-19)11-5-6-14-15(9-11)26-10-25-14;2*1-3-8-10(14-5-1)11-9(4-2-6-15-11)13-12(8)16-7-17-13;/h1-9H,10H2,(H,23,24);2*1-7,14H;/q;;;+2. The normalized spacial score (nSPS) is 12.0. The van der Waals surface area contributed by atoms with E-state index >= 15 is 0 Å². The van der Waals surface area contributed by atoms with Crippen LogP contribution < -0.4 is 9.47 Å². The van der Waals surface area contributed by atoms with Crippen LogP contribution in [0.5, 0.6) is 11.5 Å². The van der Waals surface area contributed by atoms with Crippen LogP contribution in [0.25, 0.3) is 110 Å². The van der Waals surface area contributed by atoms with E-state index in [1.54, 1.807) is 37.4 Å². The molecule has 10 heterocycles. The Hall–Kier alpha value is -8.14. The first-order valence-electron chi connectivity index (χ1n) is 19.1. The molecule has 1 radical (unpaired) electrons. The summed E-state index contributed by atoms with van der Waals surface area (Å²) in [5.74, 6) is 2.27. The monoisotopic (exact) mass is 839 g/mol. The van der Waals surface area contributed by atoms with Gasteiger partial charge in [-0.05, 0) is 91.0 Å². The molecule has 0 bridgehead atoms. The molecule has 0 spiro atoms. The van der Waals surface area contributed by atoms with Crippen molar-refractivity contribution >= 4 is 98.5 Å². The van der Waals surface area contributed by atoms with Crippen molar-refractivity contribution in [1.29, 1.82) is 0 Å². The zero-order valence-electron chi connectivity index (χ0n) is 31.7. The maximum absolute atomic E-state index is 5.49. The fourth-order valence-corrected chi connectivity index (χ4v) is 8.10. The Morgan fingerprint density at radius 1 is 0.410 bits per heavy atom. The molecule has 0 aliphatic carbocycles. The van der Waals surface area contributed by atoms with Crippen molar-refractivity contribution in [1.82, 2.24) is 59.8 Å². The zero-order valence-corrected chi connectivity index (χ0v) is 32.7. The number of hydrogen-bond donors (Lipinski definition) is 3. The van der Waals surface area contributed by atoms with Gasteiger partial charge in [-0.3, -0.25) is 19.9 Å². The van der Waals surface area contributed by atoms with Crippen molar-refractivity contribution in [3.05, 3.63) is 141 Å². The van der Waals surface area contributed by atoms with Gasteiger partial charge in [0, 0.05) is 75.1 Å². The average Bonchev–Trinajstić information content (AvgIpc) is 4.17. The number of H-pyrrole nitrogens is 3. The smallest absolute Gasteiger partial charge is 0.454 e. The first-order chi connectivity index (χ1) is 29.8. The van der Waals surface area contributed by atoms with Crippen molar-refractivity contribution in [2.45, 2.75) is 0 Å². The molecule has 0 fully saturated rings. The van der Waals surface area contributed by atoms with E-state index in [1.807, 2.05) is 103 Å². The average molecular weight is 840 g/mol. The molecule has 0 amide bonds. The Balaban J connectivity index is 0.000000106. The van der Waals surface area contributed by atoms with Gasteiger partial charge >= 0.3 is 16.8 Å². The molecule has 14 nitrogen and oxygen atoms in total. The van der Waals surface area contributed by atoms with E-state index in [-0.39, 0.29) is 23.6 Å². The summed E-state index contributed by atoms with van der Waals surface area (Å²) in [5.41, 5.74) is 12.1. The number of hydrogen-bond acceptors (Lipinski definition) is 11. The van der Waals surface area contributed by atoms with Crippen molar-refractivity contribution < 1.29 is 26.3 Å². The Morgan fingerprint density at radius 2 is 0.852 bits per heavy atom. The molecule has 9 aromatic heterocycles. The molecule has 0 atom stereocenters.